The van der Waals surface area contributed by atoms with Crippen molar-refractivity contribution in [2.45, 2.75) is 44.7 Å². The van der Waals surface area contributed by atoms with Gasteiger partial charge in [0.05, 0.1) is 0 Å². The van der Waals surface area contributed by atoms with Gasteiger partial charge in [-0.3, -0.25) is 4.79 Å². The van der Waals surface area contributed by atoms with E-state index in [-0.39, 0.29) is 13.1 Å². The van der Waals surface area contributed by atoms with Crippen LogP contribution in [0.2, 0.25) is 5.02 Å². The number of hydrogen-bond donors (Lipinski definition) is 0. The second kappa shape index (κ2) is 10.0. The minimum Gasteiger partial charge on any atom is -0.335 e. The van der Waals surface area contributed by atoms with Gasteiger partial charge >= 0.3 is 12.1 Å². The first-order valence-corrected chi connectivity index (χ1v) is 11.4. The minimum absolute atomic E-state index is 0.222. The lowest BCUT2D eigenvalue weighted by atomic mass is 9.89. The number of benzene rings is 1. The summed E-state index contributed by atoms with van der Waals surface area (Å²) in [5.74, 6) is -0.630. The van der Waals surface area contributed by atoms with Crippen LogP contribution in [0.15, 0.2) is 22.7 Å². The van der Waals surface area contributed by atoms with Gasteiger partial charge in [-0.2, -0.15) is 13.2 Å². The summed E-state index contributed by atoms with van der Waals surface area (Å²) in [5, 5.41) is 0.767. The highest BCUT2D eigenvalue weighted by Crippen LogP contribution is 2.29. The zero-order chi connectivity index (χ0) is 21.0. The molecule has 3 rings (SSSR count). The third-order valence-corrected chi connectivity index (χ3v) is 7.23. The number of rotatable bonds is 5. The highest BCUT2D eigenvalue weighted by Gasteiger charge is 2.43. The fourth-order valence-electron chi connectivity index (χ4n) is 4.39. The highest BCUT2D eigenvalue weighted by molar-refractivity contribution is 9.10. The van der Waals surface area contributed by atoms with Gasteiger partial charge in [-0.1, -0.05) is 27.5 Å². The molecule has 0 aliphatic carbocycles. The van der Waals surface area contributed by atoms with E-state index >= 15 is 0 Å². The van der Waals surface area contributed by atoms with Crippen molar-refractivity contribution >= 4 is 33.4 Å². The van der Waals surface area contributed by atoms with E-state index in [2.05, 4.69) is 20.8 Å². The van der Waals surface area contributed by atoms with E-state index in [9.17, 15) is 18.0 Å². The highest BCUT2D eigenvalue weighted by atomic mass is 79.9. The molecule has 1 aromatic rings. The first-order valence-electron chi connectivity index (χ1n) is 10.2. The SMILES string of the molecule is O=C(N1CCC(CCN2CCC(Cc3cc(Cl)ccc3Br)CC2)CC1)C(F)(F)F. The molecular weight excluding hydrogens is 469 g/mol. The Morgan fingerprint density at radius 2 is 1.69 bits per heavy atom. The number of likely N-dealkylation sites (tertiary alicyclic amines) is 2. The zero-order valence-corrected chi connectivity index (χ0v) is 18.7. The lowest BCUT2D eigenvalue weighted by Gasteiger charge is -2.35. The van der Waals surface area contributed by atoms with Crippen LogP contribution in [-0.4, -0.2) is 54.6 Å². The van der Waals surface area contributed by atoms with Crippen molar-refractivity contribution in [1.29, 1.82) is 0 Å². The standard InChI is InChI=1S/C21H27BrClF3N2O/c22-19-2-1-18(23)14-17(19)13-16-4-9-27(10-5-16)8-3-15-6-11-28(12-7-15)20(29)21(24,25)26/h1-2,14-16H,3-13H2. The van der Waals surface area contributed by atoms with Crippen LogP contribution in [0.5, 0.6) is 0 Å². The molecule has 0 N–H and O–H groups in total. The molecule has 2 heterocycles. The molecule has 29 heavy (non-hydrogen) atoms. The van der Waals surface area contributed by atoms with Gasteiger partial charge in [-0.25, -0.2) is 0 Å². The zero-order valence-electron chi connectivity index (χ0n) is 16.4. The van der Waals surface area contributed by atoms with Crippen molar-refractivity contribution in [3.05, 3.63) is 33.3 Å². The van der Waals surface area contributed by atoms with Gasteiger partial charge in [-0.15, -0.1) is 0 Å². The maximum Gasteiger partial charge on any atom is 0.471 e. The molecule has 0 aromatic heterocycles. The molecule has 0 bridgehead atoms. The Labute approximate surface area is 183 Å². The van der Waals surface area contributed by atoms with Gasteiger partial charge in [0.1, 0.15) is 0 Å². The van der Waals surface area contributed by atoms with Gasteiger partial charge in [0.25, 0.3) is 0 Å². The Bertz CT molecular complexity index is 700. The van der Waals surface area contributed by atoms with E-state index in [4.69, 9.17) is 11.6 Å². The maximum atomic E-state index is 12.5. The van der Waals surface area contributed by atoms with Crippen molar-refractivity contribution in [2.24, 2.45) is 11.8 Å². The fraction of sp³-hybridized carbons (Fsp3) is 0.667. The number of halogens is 5. The number of carbonyl (C=O) groups excluding carboxylic acids is 1. The largest absolute Gasteiger partial charge is 0.471 e. The number of alkyl halides is 3. The van der Waals surface area contributed by atoms with E-state index in [0.717, 1.165) is 59.7 Å². The van der Waals surface area contributed by atoms with Crippen molar-refractivity contribution in [3.8, 4) is 0 Å². The van der Waals surface area contributed by atoms with Crippen LogP contribution >= 0.6 is 27.5 Å². The summed E-state index contributed by atoms with van der Waals surface area (Å²) in [7, 11) is 0. The minimum atomic E-state index is -4.75. The molecule has 3 nitrogen and oxygen atoms in total. The van der Waals surface area contributed by atoms with Crippen LogP contribution in [0.4, 0.5) is 13.2 Å². The van der Waals surface area contributed by atoms with Crippen LogP contribution in [-0.2, 0) is 11.2 Å². The molecule has 0 spiro atoms. The molecule has 0 saturated carbocycles. The molecule has 0 unspecified atom stereocenters. The summed E-state index contributed by atoms with van der Waals surface area (Å²) in [6.45, 7) is 3.56. The Balaban J connectivity index is 1.35. The summed E-state index contributed by atoms with van der Waals surface area (Å²) >= 11 is 9.72. The van der Waals surface area contributed by atoms with Crippen LogP contribution in [0, 0.1) is 11.8 Å². The number of carbonyl (C=O) groups is 1. The molecule has 1 amide bonds. The Hall–Kier alpha value is -0.790. The monoisotopic (exact) mass is 494 g/mol. The number of piperidine rings is 2. The van der Waals surface area contributed by atoms with Gasteiger partial charge in [0.15, 0.2) is 0 Å². The average molecular weight is 496 g/mol. The van der Waals surface area contributed by atoms with Gasteiger partial charge < -0.3 is 9.80 Å². The normalized spacial score (nSPS) is 20.2. The second-order valence-electron chi connectivity index (χ2n) is 8.25. The van der Waals surface area contributed by atoms with Crippen molar-refractivity contribution in [3.63, 3.8) is 0 Å². The van der Waals surface area contributed by atoms with Crippen molar-refractivity contribution in [1.82, 2.24) is 9.80 Å². The van der Waals surface area contributed by atoms with Gasteiger partial charge in [0.2, 0.25) is 0 Å². The lowest BCUT2D eigenvalue weighted by Crippen LogP contribution is -2.45. The first kappa shape index (κ1) is 22.9. The molecule has 162 valence electrons. The Morgan fingerprint density at radius 1 is 1.07 bits per heavy atom. The van der Waals surface area contributed by atoms with Gasteiger partial charge in [-0.05, 0) is 93.8 Å². The molecule has 8 heteroatoms. The Morgan fingerprint density at radius 3 is 2.31 bits per heavy atom. The average Bonchev–Trinajstić information content (AvgIpc) is 2.69. The molecule has 2 aliphatic rings. The molecule has 0 radical (unpaired) electrons. The summed E-state index contributed by atoms with van der Waals surface area (Å²) in [4.78, 5) is 14.7. The van der Waals surface area contributed by atoms with Crippen LogP contribution in [0.1, 0.15) is 37.7 Å². The third kappa shape index (κ3) is 6.59. The quantitative estimate of drug-likeness (QED) is 0.535. The summed E-state index contributed by atoms with van der Waals surface area (Å²) in [5.41, 5.74) is 1.26. The van der Waals surface area contributed by atoms with Crippen LogP contribution < -0.4 is 0 Å². The lowest BCUT2D eigenvalue weighted by molar-refractivity contribution is -0.186. The second-order valence-corrected chi connectivity index (χ2v) is 9.54. The molecule has 2 saturated heterocycles. The molecular formula is C21H27BrClF3N2O. The van der Waals surface area contributed by atoms with E-state index < -0.39 is 12.1 Å². The van der Waals surface area contributed by atoms with E-state index in [0.29, 0.717) is 24.7 Å². The number of amides is 1. The summed E-state index contributed by atoms with van der Waals surface area (Å²) < 4.78 is 38.7. The molecule has 0 atom stereocenters. The third-order valence-electron chi connectivity index (χ3n) is 6.22. The van der Waals surface area contributed by atoms with Crippen molar-refractivity contribution < 1.29 is 18.0 Å². The summed E-state index contributed by atoms with van der Waals surface area (Å²) in [6.07, 6.45) is 0.911. The molecule has 2 aliphatic heterocycles. The van der Waals surface area contributed by atoms with Crippen LogP contribution in [0.3, 0.4) is 0 Å². The first-order chi connectivity index (χ1) is 13.7. The smallest absolute Gasteiger partial charge is 0.335 e. The van der Waals surface area contributed by atoms with E-state index in [1.165, 1.54) is 5.56 Å². The number of nitrogens with zero attached hydrogens (tertiary/aromatic N) is 2. The fourth-order valence-corrected chi connectivity index (χ4v) is 5.00. The molecule has 2 fully saturated rings. The van der Waals surface area contributed by atoms with Gasteiger partial charge in [0, 0.05) is 22.6 Å². The topological polar surface area (TPSA) is 23.6 Å². The summed E-state index contributed by atoms with van der Waals surface area (Å²) in [6, 6.07) is 5.93. The predicted molar refractivity (Wildman–Crippen MR) is 112 cm³/mol. The van der Waals surface area contributed by atoms with Crippen molar-refractivity contribution in [2.75, 3.05) is 32.7 Å². The van der Waals surface area contributed by atoms with Crippen LogP contribution in [0.25, 0.3) is 0 Å². The van der Waals surface area contributed by atoms with E-state index in [1.807, 2.05) is 18.2 Å². The molecule has 1 aromatic carbocycles. The number of hydrogen-bond acceptors (Lipinski definition) is 2. The van der Waals surface area contributed by atoms with E-state index in [1.54, 1.807) is 0 Å². The predicted octanol–water partition coefficient (Wildman–Crippen LogP) is 5.55. The Kier molecular flexibility index (Phi) is 7.90. The maximum absolute atomic E-state index is 12.5.